The van der Waals surface area contributed by atoms with Crippen LogP contribution in [0.5, 0.6) is 0 Å². The molecule has 0 aromatic carbocycles. The number of allylic oxidation sites excluding steroid dienone is 12. The highest BCUT2D eigenvalue weighted by atomic mass is 16.7. The number of unbranched alkanes of at least 4 members (excludes halogenated alkanes) is 19. The largest absolute Gasteiger partial charge is 0.545 e. The summed E-state index contributed by atoms with van der Waals surface area (Å²) in [7, 11) is 5.90. The van der Waals surface area contributed by atoms with Crippen molar-refractivity contribution in [2.75, 3.05) is 47.5 Å². The minimum atomic E-state index is -1.62. The highest BCUT2D eigenvalue weighted by molar-refractivity contribution is 5.70. The first-order chi connectivity index (χ1) is 31.1. The molecule has 0 saturated heterocycles. The number of carbonyl (C=O) groups excluding carboxylic acids is 3. The quantitative estimate of drug-likeness (QED) is 0.0195. The van der Waals surface area contributed by atoms with Gasteiger partial charge in [0.1, 0.15) is 13.2 Å². The second kappa shape index (κ2) is 46.3. The first kappa shape index (κ1) is 60.7. The van der Waals surface area contributed by atoms with Crippen LogP contribution in [-0.2, 0) is 33.3 Å². The van der Waals surface area contributed by atoms with E-state index in [2.05, 4.69) is 86.8 Å². The molecule has 0 aromatic heterocycles. The van der Waals surface area contributed by atoms with Gasteiger partial charge in [0.25, 0.3) is 0 Å². The Bertz CT molecular complexity index is 1280. The van der Waals surface area contributed by atoms with Gasteiger partial charge in [-0.1, -0.05) is 196 Å². The normalized spacial score (nSPS) is 13.5. The Kier molecular flexibility index (Phi) is 43.9. The van der Waals surface area contributed by atoms with E-state index >= 15 is 0 Å². The number of hydrogen-bond acceptors (Lipinski definition) is 8. The summed E-state index contributed by atoms with van der Waals surface area (Å²) in [5, 5.41) is 11.7. The molecule has 0 saturated carbocycles. The molecule has 0 radical (unpaired) electrons. The summed E-state index contributed by atoms with van der Waals surface area (Å²) in [6.45, 7) is 4.58. The number of esters is 2. The number of carbonyl (C=O) groups is 3. The maximum absolute atomic E-state index is 12.8. The average molecular weight is 898 g/mol. The molecule has 0 aliphatic heterocycles. The second-order valence-electron chi connectivity index (χ2n) is 18.1. The maximum Gasteiger partial charge on any atom is 0.306 e. The Balaban J connectivity index is 4.12. The van der Waals surface area contributed by atoms with E-state index in [0.29, 0.717) is 23.9 Å². The van der Waals surface area contributed by atoms with Crippen LogP contribution in [0.1, 0.15) is 200 Å². The first-order valence-electron chi connectivity index (χ1n) is 25.6. The van der Waals surface area contributed by atoms with E-state index in [1.54, 1.807) is 0 Å². The van der Waals surface area contributed by atoms with Crippen LogP contribution in [0.4, 0.5) is 0 Å². The molecule has 0 aromatic rings. The van der Waals surface area contributed by atoms with Gasteiger partial charge in [-0.2, -0.15) is 0 Å². The zero-order valence-electron chi connectivity index (χ0n) is 41.6. The van der Waals surface area contributed by atoms with Gasteiger partial charge in [-0.05, 0) is 64.2 Å². The molecule has 0 fully saturated rings. The van der Waals surface area contributed by atoms with Crippen molar-refractivity contribution in [2.45, 2.75) is 212 Å². The van der Waals surface area contributed by atoms with Crippen molar-refractivity contribution in [2.24, 2.45) is 0 Å². The van der Waals surface area contributed by atoms with Crippen LogP contribution in [0, 0.1) is 0 Å². The van der Waals surface area contributed by atoms with Crippen LogP contribution < -0.4 is 5.11 Å². The maximum atomic E-state index is 12.8. The lowest BCUT2D eigenvalue weighted by atomic mass is 10.0. The molecule has 0 heterocycles. The molecule has 368 valence electrons. The van der Waals surface area contributed by atoms with Gasteiger partial charge in [0.05, 0.1) is 40.3 Å². The number of carboxylic acids is 1. The van der Waals surface area contributed by atoms with Crippen molar-refractivity contribution in [3.05, 3.63) is 72.9 Å². The van der Waals surface area contributed by atoms with Gasteiger partial charge in [0.15, 0.2) is 12.4 Å². The molecule has 2 unspecified atom stereocenters. The number of rotatable bonds is 46. The molecule has 0 aliphatic carbocycles. The number of hydrogen-bond donors (Lipinski definition) is 0. The monoisotopic (exact) mass is 898 g/mol. The smallest absolute Gasteiger partial charge is 0.306 e. The summed E-state index contributed by atoms with van der Waals surface area (Å²) in [6, 6.07) is 0. The Morgan fingerprint density at radius 3 is 1.33 bits per heavy atom. The SMILES string of the molecule is CC/C=C\C/C=C\C/C=C\C/C=C\C/C=C\C/C=C\CCCCCCCCCCCCCCC(=O)OC(COC(=O)CCCCCCCCCC)COC(OCC[N+](C)(C)C)C(=O)[O-]. The van der Waals surface area contributed by atoms with Gasteiger partial charge < -0.3 is 33.3 Å². The molecule has 0 amide bonds. The molecule has 9 heteroatoms. The number of quaternary nitrogens is 1. The molecule has 9 nitrogen and oxygen atoms in total. The fourth-order valence-corrected chi connectivity index (χ4v) is 6.77. The number of ether oxygens (including phenoxy) is 4. The molecular weight excluding hydrogens is 803 g/mol. The zero-order chi connectivity index (χ0) is 47.0. The standard InChI is InChI=1S/C55H95NO8/c1-6-8-10-12-14-16-17-18-19-20-21-22-23-24-25-26-27-28-29-30-31-32-33-34-35-36-37-38-40-42-44-46-53(58)64-51(50-63-55(54(59)60)61-48-47-56(3,4)5)49-62-52(57)45-43-41-39-15-13-11-9-7-2/h8,10,14,16,18-19,21-22,24-25,27-28,51,55H,6-7,9,11-13,15,17,20,23,26,29-50H2,1-5H3/b10-8-,16-14-,19-18-,22-21-,25-24-,28-27-. The minimum Gasteiger partial charge on any atom is -0.545 e. The third-order valence-corrected chi connectivity index (χ3v) is 10.7. The van der Waals surface area contributed by atoms with Crippen LogP contribution in [0.15, 0.2) is 72.9 Å². The van der Waals surface area contributed by atoms with E-state index in [0.717, 1.165) is 77.0 Å². The minimum absolute atomic E-state index is 0.146. The van der Waals surface area contributed by atoms with E-state index in [4.69, 9.17) is 18.9 Å². The van der Waals surface area contributed by atoms with Crippen LogP contribution in [0.25, 0.3) is 0 Å². The van der Waals surface area contributed by atoms with Gasteiger partial charge in [-0.3, -0.25) is 9.59 Å². The van der Waals surface area contributed by atoms with E-state index < -0.39 is 24.3 Å². The lowest BCUT2D eigenvalue weighted by Crippen LogP contribution is -2.44. The number of likely N-dealkylation sites (N-methyl/N-ethyl adjacent to an activating group) is 1. The van der Waals surface area contributed by atoms with Gasteiger partial charge in [-0.15, -0.1) is 0 Å². The first-order valence-corrected chi connectivity index (χ1v) is 25.6. The van der Waals surface area contributed by atoms with Crippen LogP contribution >= 0.6 is 0 Å². The summed E-state index contributed by atoms with van der Waals surface area (Å²) < 4.78 is 22.5. The van der Waals surface area contributed by atoms with E-state index in [-0.39, 0.29) is 32.2 Å². The third-order valence-electron chi connectivity index (χ3n) is 10.7. The highest BCUT2D eigenvalue weighted by Gasteiger charge is 2.21. The predicted octanol–water partition coefficient (Wildman–Crippen LogP) is 12.9. The zero-order valence-corrected chi connectivity index (χ0v) is 41.6. The van der Waals surface area contributed by atoms with E-state index in [1.807, 2.05) is 21.1 Å². The van der Waals surface area contributed by atoms with Crippen LogP contribution in [0.3, 0.4) is 0 Å². The number of nitrogens with zero attached hydrogens (tertiary/aromatic N) is 1. The van der Waals surface area contributed by atoms with Gasteiger partial charge >= 0.3 is 11.9 Å². The van der Waals surface area contributed by atoms with E-state index in [9.17, 15) is 19.5 Å². The average Bonchev–Trinajstić information content (AvgIpc) is 3.26. The van der Waals surface area contributed by atoms with Crippen LogP contribution in [0.2, 0.25) is 0 Å². The molecule has 64 heavy (non-hydrogen) atoms. The van der Waals surface area contributed by atoms with Crippen molar-refractivity contribution < 1.29 is 42.9 Å². The Morgan fingerprint density at radius 2 is 0.891 bits per heavy atom. The van der Waals surface area contributed by atoms with Gasteiger partial charge in [0.2, 0.25) is 0 Å². The lowest BCUT2D eigenvalue weighted by molar-refractivity contribution is -0.870. The third kappa shape index (κ3) is 46.7. The number of aliphatic carboxylic acids is 1. The summed E-state index contributed by atoms with van der Waals surface area (Å²) in [5.74, 6) is -2.29. The summed E-state index contributed by atoms with van der Waals surface area (Å²) in [5.41, 5.74) is 0. The molecule has 0 aliphatic rings. The lowest BCUT2D eigenvalue weighted by Gasteiger charge is -2.26. The second-order valence-corrected chi connectivity index (χ2v) is 18.1. The predicted molar refractivity (Wildman–Crippen MR) is 265 cm³/mol. The molecule has 0 rings (SSSR count). The highest BCUT2D eigenvalue weighted by Crippen LogP contribution is 2.15. The van der Waals surface area contributed by atoms with Gasteiger partial charge in [0, 0.05) is 12.8 Å². The van der Waals surface area contributed by atoms with Crippen molar-refractivity contribution in [3.8, 4) is 0 Å². The summed E-state index contributed by atoms with van der Waals surface area (Å²) in [6.07, 6.45) is 55.3. The van der Waals surface area contributed by atoms with Crippen LogP contribution in [-0.4, -0.2) is 82.3 Å². The summed E-state index contributed by atoms with van der Waals surface area (Å²) in [4.78, 5) is 36.9. The Labute approximate surface area is 392 Å². The van der Waals surface area contributed by atoms with Crippen molar-refractivity contribution in [3.63, 3.8) is 0 Å². The van der Waals surface area contributed by atoms with Crippen molar-refractivity contribution in [1.29, 1.82) is 0 Å². The van der Waals surface area contributed by atoms with Gasteiger partial charge in [-0.25, -0.2) is 0 Å². The van der Waals surface area contributed by atoms with Crippen molar-refractivity contribution >= 4 is 17.9 Å². The fraction of sp³-hybridized carbons (Fsp3) is 0.727. The van der Waals surface area contributed by atoms with Crippen molar-refractivity contribution in [1.82, 2.24) is 0 Å². The Hall–Kier alpha value is -3.27. The fourth-order valence-electron chi connectivity index (χ4n) is 6.77. The molecular formula is C55H95NO8. The summed E-state index contributed by atoms with van der Waals surface area (Å²) >= 11 is 0. The molecule has 0 bridgehead atoms. The van der Waals surface area contributed by atoms with E-state index in [1.165, 1.54) is 89.9 Å². The molecule has 2 atom stereocenters. The Morgan fingerprint density at radius 1 is 0.484 bits per heavy atom. The molecule has 0 spiro atoms. The topological polar surface area (TPSA) is 111 Å². The number of carboxylic acid groups (broad SMARTS) is 1. The molecule has 0 N–H and O–H groups in total.